The molecule has 0 N–H and O–H groups in total. The molecule has 0 unspecified atom stereocenters. The first-order valence-electron chi connectivity index (χ1n) is 8.58. The van der Waals surface area contributed by atoms with Crippen LogP contribution >= 0.6 is 15.9 Å². The fourth-order valence-electron chi connectivity index (χ4n) is 2.44. The number of hydrogen-bond acceptors (Lipinski definition) is 7. The van der Waals surface area contributed by atoms with Crippen molar-refractivity contribution >= 4 is 34.0 Å². The van der Waals surface area contributed by atoms with Crippen LogP contribution in [0.15, 0.2) is 10.8 Å². The van der Waals surface area contributed by atoms with Gasteiger partial charge in [0.05, 0.1) is 12.6 Å². The maximum absolute atomic E-state index is 12.0. The maximum atomic E-state index is 12.0. The van der Waals surface area contributed by atoms with Crippen LogP contribution in [-0.4, -0.2) is 54.6 Å². The van der Waals surface area contributed by atoms with E-state index in [-0.39, 0.29) is 18.1 Å². The number of rotatable bonds is 6. The first-order valence-corrected chi connectivity index (χ1v) is 9.37. The second-order valence-electron chi connectivity index (χ2n) is 7.04. The molecule has 26 heavy (non-hydrogen) atoms. The van der Waals surface area contributed by atoms with Crippen molar-refractivity contribution < 1.29 is 19.1 Å². The molecule has 1 aromatic rings. The Morgan fingerprint density at radius 3 is 2.46 bits per heavy atom. The molecule has 1 aliphatic rings. The van der Waals surface area contributed by atoms with Crippen molar-refractivity contribution in [2.45, 2.75) is 58.1 Å². The predicted molar refractivity (Wildman–Crippen MR) is 103 cm³/mol. The molecule has 0 saturated heterocycles. The fraction of sp³-hybridized carbons (Fsp3) is 0.667. The van der Waals surface area contributed by atoms with Crippen molar-refractivity contribution in [2.75, 3.05) is 25.7 Å². The van der Waals surface area contributed by atoms with Gasteiger partial charge in [-0.05, 0) is 56.0 Å². The van der Waals surface area contributed by atoms with Crippen molar-refractivity contribution in [1.29, 1.82) is 0 Å². The third-order valence-electron chi connectivity index (χ3n) is 3.63. The lowest BCUT2D eigenvalue weighted by Crippen LogP contribution is -2.43. The van der Waals surface area contributed by atoms with E-state index in [9.17, 15) is 9.59 Å². The zero-order valence-electron chi connectivity index (χ0n) is 16.1. The lowest BCUT2D eigenvalue weighted by Gasteiger charge is -2.38. The van der Waals surface area contributed by atoms with Gasteiger partial charge in [0.25, 0.3) is 0 Å². The largest absolute Gasteiger partial charge is 0.460 e. The van der Waals surface area contributed by atoms with Crippen molar-refractivity contribution in [3.8, 4) is 0 Å². The Hall–Kier alpha value is -1.54. The standard InChI is InChI=1S/C16H22BrN3O3.C2H6O/c1-16(2,3)23-14(22)7-8-20(11-5-4-6-11)15-12(10-21)19-13(17)9-18-15;1-3-2/h9-11H,4-8H2,1-3H3;1-2H3. The summed E-state index contributed by atoms with van der Waals surface area (Å²) in [5.74, 6) is 0.288. The summed E-state index contributed by atoms with van der Waals surface area (Å²) in [6.07, 6.45) is 5.74. The van der Waals surface area contributed by atoms with E-state index in [0.29, 0.717) is 29.3 Å². The topological polar surface area (TPSA) is 81.6 Å². The Kier molecular flexibility index (Phi) is 9.15. The summed E-state index contributed by atoms with van der Waals surface area (Å²) in [4.78, 5) is 33.8. The first kappa shape index (κ1) is 22.5. The number of methoxy groups -OCH3 is 1. The molecule has 146 valence electrons. The Morgan fingerprint density at radius 2 is 2.00 bits per heavy atom. The monoisotopic (exact) mass is 429 g/mol. The Labute approximate surface area is 163 Å². The van der Waals surface area contributed by atoms with E-state index >= 15 is 0 Å². The maximum Gasteiger partial charge on any atom is 0.308 e. The SMILES string of the molecule is CC(C)(C)OC(=O)CCN(c1ncc(Br)nc1C=O)C1CCC1.COC. The van der Waals surface area contributed by atoms with E-state index in [1.54, 1.807) is 20.4 Å². The summed E-state index contributed by atoms with van der Waals surface area (Å²) in [6.45, 7) is 6.01. The number of carbonyl (C=O) groups excluding carboxylic acids is 2. The molecule has 7 nitrogen and oxygen atoms in total. The normalized spacial score (nSPS) is 13.9. The number of hydrogen-bond donors (Lipinski definition) is 0. The molecule has 1 saturated carbocycles. The number of carbonyl (C=O) groups is 2. The van der Waals surface area contributed by atoms with Gasteiger partial charge < -0.3 is 14.4 Å². The van der Waals surface area contributed by atoms with Gasteiger partial charge in [0.15, 0.2) is 12.1 Å². The van der Waals surface area contributed by atoms with Gasteiger partial charge in [0.1, 0.15) is 15.9 Å². The molecule has 0 spiro atoms. The van der Waals surface area contributed by atoms with Gasteiger partial charge in [-0.25, -0.2) is 9.97 Å². The molecule has 0 bridgehead atoms. The van der Waals surface area contributed by atoms with Gasteiger partial charge in [-0.1, -0.05) is 0 Å². The lowest BCUT2D eigenvalue weighted by molar-refractivity contribution is -0.154. The molecule has 1 aliphatic carbocycles. The molecule has 2 rings (SSSR count). The van der Waals surface area contributed by atoms with E-state index in [4.69, 9.17) is 4.74 Å². The molecular formula is C18H28BrN3O4. The lowest BCUT2D eigenvalue weighted by atomic mass is 9.91. The molecule has 8 heteroatoms. The van der Waals surface area contributed by atoms with Crippen LogP contribution in [-0.2, 0) is 14.3 Å². The van der Waals surface area contributed by atoms with E-state index in [1.165, 1.54) is 0 Å². The number of halogens is 1. The van der Waals surface area contributed by atoms with Crippen LogP contribution in [0.25, 0.3) is 0 Å². The Morgan fingerprint density at radius 1 is 1.38 bits per heavy atom. The van der Waals surface area contributed by atoms with Crippen LogP contribution in [0.1, 0.15) is 56.9 Å². The van der Waals surface area contributed by atoms with Crippen LogP contribution in [0.2, 0.25) is 0 Å². The number of anilines is 1. The van der Waals surface area contributed by atoms with E-state index in [0.717, 1.165) is 19.3 Å². The second-order valence-corrected chi connectivity index (χ2v) is 7.85. The first-order chi connectivity index (χ1) is 12.2. The van der Waals surface area contributed by atoms with Gasteiger partial charge in [-0.3, -0.25) is 9.59 Å². The van der Waals surface area contributed by atoms with Crippen molar-refractivity contribution in [3.05, 3.63) is 16.5 Å². The zero-order chi connectivity index (χ0) is 19.7. The third-order valence-corrected chi connectivity index (χ3v) is 4.01. The molecular weight excluding hydrogens is 402 g/mol. The fourth-order valence-corrected chi connectivity index (χ4v) is 2.73. The summed E-state index contributed by atoms with van der Waals surface area (Å²) >= 11 is 3.22. The van der Waals surface area contributed by atoms with E-state index in [2.05, 4.69) is 30.6 Å². The van der Waals surface area contributed by atoms with Gasteiger partial charge in [-0.15, -0.1) is 0 Å². The average molecular weight is 430 g/mol. The summed E-state index contributed by atoms with van der Waals surface area (Å²) in [7, 11) is 3.25. The van der Waals surface area contributed by atoms with Crippen LogP contribution < -0.4 is 4.90 Å². The summed E-state index contributed by atoms with van der Waals surface area (Å²) in [5, 5.41) is 0. The zero-order valence-corrected chi connectivity index (χ0v) is 17.7. The van der Waals surface area contributed by atoms with Crippen molar-refractivity contribution in [1.82, 2.24) is 9.97 Å². The molecule has 0 radical (unpaired) electrons. The van der Waals surface area contributed by atoms with Crippen molar-refractivity contribution in [3.63, 3.8) is 0 Å². The highest BCUT2D eigenvalue weighted by atomic mass is 79.9. The van der Waals surface area contributed by atoms with Crippen LogP contribution in [0.5, 0.6) is 0 Å². The predicted octanol–water partition coefficient (Wildman–Crippen LogP) is 3.40. The van der Waals surface area contributed by atoms with Crippen LogP contribution in [0, 0.1) is 0 Å². The minimum Gasteiger partial charge on any atom is -0.460 e. The van der Waals surface area contributed by atoms with Gasteiger partial charge >= 0.3 is 5.97 Å². The molecule has 0 aromatic carbocycles. The van der Waals surface area contributed by atoms with Crippen LogP contribution in [0.4, 0.5) is 5.82 Å². The molecule has 1 aromatic heterocycles. The van der Waals surface area contributed by atoms with Crippen molar-refractivity contribution in [2.24, 2.45) is 0 Å². The molecule has 0 atom stereocenters. The highest BCUT2D eigenvalue weighted by Gasteiger charge is 2.29. The van der Waals surface area contributed by atoms with Gasteiger partial charge in [0.2, 0.25) is 0 Å². The highest BCUT2D eigenvalue weighted by Crippen LogP contribution is 2.30. The number of aromatic nitrogens is 2. The number of esters is 1. The van der Waals surface area contributed by atoms with Gasteiger partial charge in [0, 0.05) is 26.8 Å². The number of aldehydes is 1. The van der Waals surface area contributed by atoms with E-state index in [1.807, 2.05) is 25.7 Å². The molecule has 0 amide bonds. The second kappa shape index (κ2) is 10.6. The Bertz CT molecular complexity index is 601. The minimum absolute atomic E-state index is 0.250. The summed E-state index contributed by atoms with van der Waals surface area (Å²) in [5.41, 5.74) is -0.209. The highest BCUT2D eigenvalue weighted by molar-refractivity contribution is 9.10. The molecule has 1 heterocycles. The summed E-state index contributed by atoms with van der Waals surface area (Å²) in [6, 6.07) is 0.298. The average Bonchev–Trinajstić information content (AvgIpc) is 2.48. The summed E-state index contributed by atoms with van der Waals surface area (Å²) < 4.78 is 10.1. The number of nitrogens with zero attached hydrogens (tertiary/aromatic N) is 3. The number of ether oxygens (including phenoxy) is 2. The molecule has 0 aliphatic heterocycles. The quantitative estimate of drug-likeness (QED) is 0.505. The smallest absolute Gasteiger partial charge is 0.308 e. The van der Waals surface area contributed by atoms with Crippen LogP contribution in [0.3, 0.4) is 0 Å². The van der Waals surface area contributed by atoms with Gasteiger partial charge in [-0.2, -0.15) is 0 Å². The molecule has 1 fully saturated rings. The third kappa shape index (κ3) is 7.37. The van der Waals surface area contributed by atoms with E-state index < -0.39 is 5.60 Å². The Balaban J connectivity index is 0.00000105. The minimum atomic E-state index is -0.496.